The van der Waals surface area contributed by atoms with E-state index in [0.717, 1.165) is 48.7 Å². The van der Waals surface area contributed by atoms with Crippen LogP contribution in [0.15, 0.2) is 29.4 Å². The van der Waals surface area contributed by atoms with Crippen LogP contribution in [0, 0.1) is 13.8 Å². The Morgan fingerprint density at radius 2 is 1.75 bits per heavy atom. The fourth-order valence-electron chi connectivity index (χ4n) is 2.73. The van der Waals surface area contributed by atoms with E-state index in [4.69, 9.17) is 4.98 Å². The van der Waals surface area contributed by atoms with Crippen LogP contribution in [0.5, 0.6) is 0 Å². The standard InChI is InChI=1S/C18H25N5S/c1-13-5-6-15(11-14(13)2)19-16-12-17(21-18(20-16)24-4)23-9-7-22(3)8-10-23/h5-6,11-12H,7-10H2,1-4H3,(H,19,20,21). The van der Waals surface area contributed by atoms with Gasteiger partial charge in [0.2, 0.25) is 0 Å². The fourth-order valence-corrected chi connectivity index (χ4v) is 3.11. The molecule has 128 valence electrons. The van der Waals surface area contributed by atoms with Gasteiger partial charge in [0.05, 0.1) is 0 Å². The molecule has 0 saturated carbocycles. The van der Waals surface area contributed by atoms with Gasteiger partial charge >= 0.3 is 0 Å². The van der Waals surface area contributed by atoms with E-state index in [2.05, 4.69) is 65.3 Å². The molecule has 1 aliphatic heterocycles. The van der Waals surface area contributed by atoms with Gasteiger partial charge < -0.3 is 15.1 Å². The van der Waals surface area contributed by atoms with Gasteiger partial charge in [0.15, 0.2) is 5.16 Å². The van der Waals surface area contributed by atoms with Crippen LogP contribution in [0.1, 0.15) is 11.1 Å². The molecule has 6 heteroatoms. The molecule has 1 N–H and O–H groups in total. The lowest BCUT2D eigenvalue weighted by molar-refractivity contribution is 0.312. The average molecular weight is 344 g/mol. The van der Waals surface area contributed by atoms with Crippen molar-refractivity contribution in [2.45, 2.75) is 19.0 Å². The van der Waals surface area contributed by atoms with Gasteiger partial charge in [-0.1, -0.05) is 17.8 Å². The third-order valence-electron chi connectivity index (χ3n) is 4.48. The number of anilines is 3. The number of hydrogen-bond acceptors (Lipinski definition) is 6. The molecule has 5 nitrogen and oxygen atoms in total. The van der Waals surface area contributed by atoms with Crippen molar-refractivity contribution in [3.05, 3.63) is 35.4 Å². The van der Waals surface area contributed by atoms with Gasteiger partial charge in [0.25, 0.3) is 0 Å². The van der Waals surface area contributed by atoms with Crippen LogP contribution in [0.2, 0.25) is 0 Å². The summed E-state index contributed by atoms with van der Waals surface area (Å²) < 4.78 is 0. The maximum Gasteiger partial charge on any atom is 0.191 e. The minimum absolute atomic E-state index is 0.803. The summed E-state index contributed by atoms with van der Waals surface area (Å²) in [5.41, 5.74) is 3.64. The minimum atomic E-state index is 0.803. The van der Waals surface area contributed by atoms with Gasteiger partial charge in [-0.05, 0) is 50.4 Å². The number of thioether (sulfide) groups is 1. The molecule has 1 saturated heterocycles. The van der Waals surface area contributed by atoms with Gasteiger partial charge in [-0.3, -0.25) is 0 Å². The first kappa shape index (κ1) is 17.0. The summed E-state index contributed by atoms with van der Waals surface area (Å²) in [5, 5.41) is 4.24. The molecule has 1 aromatic carbocycles. The largest absolute Gasteiger partial charge is 0.354 e. The number of aromatic nitrogens is 2. The third kappa shape index (κ3) is 3.99. The van der Waals surface area contributed by atoms with Crippen molar-refractivity contribution in [1.29, 1.82) is 0 Å². The van der Waals surface area contributed by atoms with Crippen molar-refractivity contribution in [1.82, 2.24) is 14.9 Å². The van der Waals surface area contributed by atoms with E-state index in [9.17, 15) is 0 Å². The third-order valence-corrected chi connectivity index (χ3v) is 5.03. The Balaban J connectivity index is 1.84. The average Bonchev–Trinajstić information content (AvgIpc) is 2.58. The van der Waals surface area contributed by atoms with Gasteiger partial charge in [0, 0.05) is 37.9 Å². The Morgan fingerprint density at radius 3 is 2.42 bits per heavy atom. The second-order valence-electron chi connectivity index (χ2n) is 6.31. The zero-order valence-electron chi connectivity index (χ0n) is 14.8. The summed E-state index contributed by atoms with van der Waals surface area (Å²) in [6.07, 6.45) is 2.02. The van der Waals surface area contributed by atoms with Crippen molar-refractivity contribution in [3.8, 4) is 0 Å². The Kier molecular flexibility index (Phi) is 5.26. The molecule has 0 bridgehead atoms. The van der Waals surface area contributed by atoms with E-state index >= 15 is 0 Å². The number of nitrogens with zero attached hydrogens (tertiary/aromatic N) is 4. The molecule has 0 atom stereocenters. The van der Waals surface area contributed by atoms with Crippen molar-refractivity contribution in [3.63, 3.8) is 0 Å². The molecule has 0 spiro atoms. The molecule has 24 heavy (non-hydrogen) atoms. The van der Waals surface area contributed by atoms with Gasteiger partial charge in [0.1, 0.15) is 11.6 Å². The summed E-state index contributed by atoms with van der Waals surface area (Å²) in [5.74, 6) is 1.86. The van der Waals surface area contributed by atoms with Crippen LogP contribution in [0.25, 0.3) is 0 Å². The SMILES string of the molecule is CSc1nc(Nc2ccc(C)c(C)c2)cc(N2CCN(C)CC2)n1. The van der Waals surface area contributed by atoms with E-state index in [1.54, 1.807) is 11.8 Å². The normalized spacial score (nSPS) is 15.6. The zero-order chi connectivity index (χ0) is 17.1. The molecular formula is C18H25N5S. The highest BCUT2D eigenvalue weighted by molar-refractivity contribution is 7.98. The molecule has 0 amide bonds. The molecule has 2 aromatic rings. The summed E-state index contributed by atoms with van der Waals surface area (Å²) >= 11 is 1.58. The van der Waals surface area contributed by atoms with E-state index in [1.165, 1.54) is 11.1 Å². The summed E-state index contributed by atoms with van der Waals surface area (Å²) in [6.45, 7) is 8.40. The predicted molar refractivity (Wildman–Crippen MR) is 103 cm³/mol. The van der Waals surface area contributed by atoms with E-state index in [0.29, 0.717) is 0 Å². The van der Waals surface area contributed by atoms with Crippen LogP contribution in [0.3, 0.4) is 0 Å². The van der Waals surface area contributed by atoms with E-state index < -0.39 is 0 Å². The van der Waals surface area contributed by atoms with Crippen LogP contribution in [-0.4, -0.2) is 54.4 Å². The lowest BCUT2D eigenvalue weighted by Crippen LogP contribution is -2.44. The quantitative estimate of drug-likeness (QED) is 0.679. The van der Waals surface area contributed by atoms with Crippen LogP contribution in [0.4, 0.5) is 17.3 Å². The molecule has 1 fully saturated rings. The molecule has 3 rings (SSSR count). The van der Waals surface area contributed by atoms with Crippen LogP contribution < -0.4 is 10.2 Å². The molecule has 1 aliphatic rings. The number of nitrogens with one attached hydrogen (secondary N) is 1. The Bertz CT molecular complexity index is 711. The van der Waals surface area contributed by atoms with Crippen molar-refractivity contribution in [2.75, 3.05) is 49.7 Å². The Labute approximate surface area is 148 Å². The van der Waals surface area contributed by atoms with Gasteiger partial charge in [-0.15, -0.1) is 0 Å². The van der Waals surface area contributed by atoms with Crippen molar-refractivity contribution >= 4 is 29.1 Å². The maximum absolute atomic E-state index is 4.69. The van der Waals surface area contributed by atoms with Crippen LogP contribution in [-0.2, 0) is 0 Å². The summed E-state index contributed by atoms with van der Waals surface area (Å²) in [7, 11) is 2.16. The first-order valence-electron chi connectivity index (χ1n) is 8.26. The van der Waals surface area contributed by atoms with Crippen molar-refractivity contribution < 1.29 is 0 Å². The number of aryl methyl sites for hydroxylation is 2. The maximum atomic E-state index is 4.69. The highest BCUT2D eigenvalue weighted by Gasteiger charge is 2.17. The Morgan fingerprint density at radius 1 is 1.00 bits per heavy atom. The number of benzene rings is 1. The fraction of sp³-hybridized carbons (Fsp3) is 0.444. The smallest absolute Gasteiger partial charge is 0.191 e. The molecule has 0 unspecified atom stereocenters. The molecule has 2 heterocycles. The zero-order valence-corrected chi connectivity index (χ0v) is 15.7. The lowest BCUT2D eigenvalue weighted by Gasteiger charge is -2.33. The van der Waals surface area contributed by atoms with Crippen molar-refractivity contribution in [2.24, 2.45) is 0 Å². The summed E-state index contributed by atoms with van der Waals surface area (Å²) in [4.78, 5) is 14.0. The number of piperazine rings is 1. The minimum Gasteiger partial charge on any atom is -0.354 e. The van der Waals surface area contributed by atoms with Gasteiger partial charge in [-0.2, -0.15) is 0 Å². The second-order valence-corrected chi connectivity index (χ2v) is 7.09. The highest BCUT2D eigenvalue weighted by atomic mass is 32.2. The van der Waals surface area contributed by atoms with Gasteiger partial charge in [-0.25, -0.2) is 9.97 Å². The predicted octanol–water partition coefficient (Wildman–Crippen LogP) is 3.31. The topological polar surface area (TPSA) is 44.3 Å². The summed E-state index contributed by atoms with van der Waals surface area (Å²) in [6, 6.07) is 8.44. The molecule has 0 aliphatic carbocycles. The molecule has 0 radical (unpaired) electrons. The van der Waals surface area contributed by atoms with Crippen LogP contribution >= 0.6 is 11.8 Å². The highest BCUT2D eigenvalue weighted by Crippen LogP contribution is 2.24. The molecule has 1 aromatic heterocycles. The van der Waals surface area contributed by atoms with E-state index in [-0.39, 0.29) is 0 Å². The first-order chi connectivity index (χ1) is 11.5. The van der Waals surface area contributed by atoms with E-state index in [1.807, 2.05) is 6.26 Å². The number of rotatable bonds is 4. The first-order valence-corrected chi connectivity index (χ1v) is 9.48. The number of likely N-dealkylation sites (N-methyl/N-ethyl adjacent to an activating group) is 1. The monoisotopic (exact) mass is 343 g/mol. The Hall–Kier alpha value is -1.79. The second kappa shape index (κ2) is 7.40. The number of hydrogen-bond donors (Lipinski definition) is 1. The lowest BCUT2D eigenvalue weighted by atomic mass is 10.1. The molecular weight excluding hydrogens is 318 g/mol.